The Bertz CT molecular complexity index is 1070. The van der Waals surface area contributed by atoms with Gasteiger partial charge in [-0.25, -0.2) is 9.97 Å². The van der Waals surface area contributed by atoms with Crippen molar-refractivity contribution >= 4 is 52.4 Å². The second kappa shape index (κ2) is 8.85. The van der Waals surface area contributed by atoms with Crippen LogP contribution >= 0.6 is 23.2 Å². The molecule has 1 aliphatic rings. The van der Waals surface area contributed by atoms with E-state index in [0.717, 1.165) is 25.0 Å². The highest BCUT2D eigenvalue weighted by molar-refractivity contribution is 6.40. The number of nitrogens with one attached hydrogen (secondary N) is 3. The van der Waals surface area contributed by atoms with Crippen molar-refractivity contribution in [2.75, 3.05) is 16.0 Å². The standard InChI is InChI=1S/C21H20Cl2N6O/c1-2-12-10-18(29-21(26-12)27-13-6-7-13)28-17-11-14(8-9-24-17)25-20(30)19-15(22)4-3-5-16(19)23/h3-5,8-11,13H,2,6-7H2,1H3,(H3,24,25,26,27,28,29,30). The Kier molecular flexibility index (Phi) is 6.01. The molecule has 0 unspecified atom stereocenters. The predicted octanol–water partition coefficient (Wildman–Crippen LogP) is 5.31. The summed E-state index contributed by atoms with van der Waals surface area (Å²) in [6, 6.07) is 10.7. The van der Waals surface area contributed by atoms with Crippen molar-refractivity contribution in [2.24, 2.45) is 0 Å². The Morgan fingerprint density at radius 3 is 2.57 bits per heavy atom. The smallest absolute Gasteiger partial charge is 0.258 e. The summed E-state index contributed by atoms with van der Waals surface area (Å²) in [5.74, 6) is 1.39. The summed E-state index contributed by atoms with van der Waals surface area (Å²) in [6.45, 7) is 2.04. The van der Waals surface area contributed by atoms with Crippen LogP contribution in [0.1, 0.15) is 35.8 Å². The Hall–Kier alpha value is -2.90. The number of amides is 1. The monoisotopic (exact) mass is 442 g/mol. The average Bonchev–Trinajstić information content (AvgIpc) is 3.52. The number of aromatic nitrogens is 3. The molecule has 7 nitrogen and oxygen atoms in total. The van der Waals surface area contributed by atoms with E-state index in [1.807, 2.05) is 13.0 Å². The van der Waals surface area contributed by atoms with Gasteiger partial charge in [-0.3, -0.25) is 4.79 Å². The number of aryl methyl sites for hydroxylation is 1. The van der Waals surface area contributed by atoms with Gasteiger partial charge in [0.2, 0.25) is 5.95 Å². The maximum Gasteiger partial charge on any atom is 0.258 e. The van der Waals surface area contributed by atoms with Gasteiger partial charge in [0.05, 0.1) is 15.6 Å². The highest BCUT2D eigenvalue weighted by Crippen LogP contribution is 2.27. The molecule has 2 heterocycles. The lowest BCUT2D eigenvalue weighted by Crippen LogP contribution is -2.13. The Morgan fingerprint density at radius 1 is 1.10 bits per heavy atom. The Balaban J connectivity index is 1.52. The lowest BCUT2D eigenvalue weighted by Gasteiger charge is -2.12. The van der Waals surface area contributed by atoms with Gasteiger partial charge in [0.15, 0.2) is 0 Å². The van der Waals surface area contributed by atoms with Gasteiger partial charge >= 0.3 is 0 Å². The third-order valence-electron chi connectivity index (χ3n) is 4.52. The number of hydrogen-bond acceptors (Lipinski definition) is 6. The van der Waals surface area contributed by atoms with Gasteiger partial charge in [-0.1, -0.05) is 36.2 Å². The number of nitrogens with zero attached hydrogens (tertiary/aromatic N) is 3. The fourth-order valence-corrected chi connectivity index (χ4v) is 3.40. The highest BCUT2D eigenvalue weighted by Gasteiger charge is 2.22. The summed E-state index contributed by atoms with van der Waals surface area (Å²) in [6.07, 6.45) is 4.67. The lowest BCUT2D eigenvalue weighted by atomic mass is 10.2. The summed E-state index contributed by atoms with van der Waals surface area (Å²) < 4.78 is 0. The van der Waals surface area contributed by atoms with E-state index in [4.69, 9.17) is 23.2 Å². The number of anilines is 4. The molecule has 0 radical (unpaired) electrons. The van der Waals surface area contributed by atoms with Gasteiger partial charge in [0.25, 0.3) is 5.91 Å². The molecule has 1 aliphatic carbocycles. The zero-order valence-electron chi connectivity index (χ0n) is 16.2. The van der Waals surface area contributed by atoms with Crippen LogP contribution in [0.15, 0.2) is 42.6 Å². The largest absolute Gasteiger partial charge is 0.351 e. The van der Waals surface area contributed by atoms with E-state index in [1.54, 1.807) is 36.5 Å². The maximum atomic E-state index is 12.6. The number of hydrogen-bond donors (Lipinski definition) is 3. The summed E-state index contributed by atoms with van der Waals surface area (Å²) in [4.78, 5) is 26.0. The molecule has 154 valence electrons. The molecule has 4 rings (SSSR count). The van der Waals surface area contributed by atoms with Crippen molar-refractivity contribution in [1.29, 1.82) is 0 Å². The van der Waals surface area contributed by atoms with Gasteiger partial charge in [-0.15, -0.1) is 0 Å². The molecular weight excluding hydrogens is 423 g/mol. The summed E-state index contributed by atoms with van der Waals surface area (Å²) >= 11 is 12.2. The minimum Gasteiger partial charge on any atom is -0.351 e. The molecule has 3 N–H and O–H groups in total. The van der Waals surface area contributed by atoms with E-state index in [0.29, 0.717) is 29.3 Å². The summed E-state index contributed by atoms with van der Waals surface area (Å²) in [7, 11) is 0. The second-order valence-electron chi connectivity index (χ2n) is 6.95. The second-order valence-corrected chi connectivity index (χ2v) is 7.76. The molecule has 1 aromatic carbocycles. The van der Waals surface area contributed by atoms with Crippen molar-refractivity contribution in [3.8, 4) is 0 Å². The van der Waals surface area contributed by atoms with Gasteiger partial charge in [-0.2, -0.15) is 4.98 Å². The number of carbonyl (C=O) groups is 1. The number of carbonyl (C=O) groups excluding carboxylic acids is 1. The molecule has 0 aliphatic heterocycles. The van der Waals surface area contributed by atoms with Crippen LogP contribution in [0.25, 0.3) is 0 Å². The molecule has 1 amide bonds. The molecule has 1 saturated carbocycles. The third-order valence-corrected chi connectivity index (χ3v) is 5.15. The molecule has 0 atom stereocenters. The van der Waals surface area contributed by atoms with E-state index in [2.05, 4.69) is 30.9 Å². The van der Waals surface area contributed by atoms with Crippen LogP contribution in [-0.2, 0) is 6.42 Å². The first kappa shape index (κ1) is 20.4. The molecule has 3 aromatic rings. The normalized spacial score (nSPS) is 13.0. The van der Waals surface area contributed by atoms with E-state index in [-0.39, 0.29) is 15.6 Å². The van der Waals surface area contributed by atoms with Crippen LogP contribution in [0.3, 0.4) is 0 Å². The molecule has 0 spiro atoms. The molecule has 2 aromatic heterocycles. The van der Waals surface area contributed by atoms with Gasteiger partial charge in [-0.05, 0) is 37.5 Å². The van der Waals surface area contributed by atoms with Crippen LogP contribution in [0, 0.1) is 0 Å². The first-order valence-electron chi connectivity index (χ1n) is 9.64. The fraction of sp³-hybridized carbons (Fsp3) is 0.238. The van der Waals surface area contributed by atoms with Gasteiger partial charge < -0.3 is 16.0 Å². The van der Waals surface area contributed by atoms with Crippen LogP contribution in [0.2, 0.25) is 10.0 Å². The third kappa shape index (κ3) is 4.98. The molecule has 9 heteroatoms. The van der Waals surface area contributed by atoms with Crippen molar-refractivity contribution in [1.82, 2.24) is 15.0 Å². The van der Waals surface area contributed by atoms with Gasteiger partial charge in [0, 0.05) is 35.8 Å². The average molecular weight is 443 g/mol. The first-order chi connectivity index (χ1) is 14.5. The molecule has 1 fully saturated rings. The fourth-order valence-electron chi connectivity index (χ4n) is 2.83. The van der Waals surface area contributed by atoms with E-state index >= 15 is 0 Å². The zero-order valence-corrected chi connectivity index (χ0v) is 17.8. The van der Waals surface area contributed by atoms with E-state index in [9.17, 15) is 4.79 Å². The maximum absolute atomic E-state index is 12.6. The van der Waals surface area contributed by atoms with Crippen molar-refractivity contribution in [3.63, 3.8) is 0 Å². The lowest BCUT2D eigenvalue weighted by molar-refractivity contribution is 0.102. The highest BCUT2D eigenvalue weighted by atomic mass is 35.5. The zero-order chi connectivity index (χ0) is 21.1. The van der Waals surface area contributed by atoms with E-state index < -0.39 is 5.91 Å². The number of halogens is 2. The molecule has 0 saturated heterocycles. The number of rotatable bonds is 7. The van der Waals surface area contributed by atoms with Crippen LogP contribution in [0.4, 0.5) is 23.3 Å². The number of pyridine rings is 1. The molecule has 0 bridgehead atoms. The summed E-state index contributed by atoms with van der Waals surface area (Å²) in [5, 5.41) is 9.88. The topological polar surface area (TPSA) is 91.8 Å². The summed E-state index contributed by atoms with van der Waals surface area (Å²) in [5.41, 5.74) is 1.70. The first-order valence-corrected chi connectivity index (χ1v) is 10.4. The Labute approximate surface area is 184 Å². The molecule has 30 heavy (non-hydrogen) atoms. The van der Waals surface area contributed by atoms with Crippen LogP contribution in [0.5, 0.6) is 0 Å². The predicted molar refractivity (Wildman–Crippen MR) is 120 cm³/mol. The Morgan fingerprint density at radius 2 is 1.87 bits per heavy atom. The van der Waals surface area contributed by atoms with E-state index in [1.165, 1.54) is 0 Å². The van der Waals surface area contributed by atoms with Crippen molar-refractivity contribution < 1.29 is 4.79 Å². The molecular formula is C21H20Cl2N6O. The minimum atomic E-state index is -0.394. The quantitative estimate of drug-likeness (QED) is 0.458. The minimum absolute atomic E-state index is 0.228. The van der Waals surface area contributed by atoms with Gasteiger partial charge in [0.1, 0.15) is 11.6 Å². The van der Waals surface area contributed by atoms with Crippen LogP contribution < -0.4 is 16.0 Å². The van der Waals surface area contributed by atoms with Crippen LogP contribution in [-0.4, -0.2) is 26.9 Å². The number of benzene rings is 1. The SMILES string of the molecule is CCc1cc(Nc2cc(NC(=O)c3c(Cl)cccc3Cl)ccn2)nc(NC2CC2)n1. The van der Waals surface area contributed by atoms with Crippen molar-refractivity contribution in [3.05, 3.63) is 63.9 Å². The van der Waals surface area contributed by atoms with Crippen molar-refractivity contribution in [2.45, 2.75) is 32.2 Å².